The quantitative estimate of drug-likeness (QED) is 0.410. The van der Waals surface area contributed by atoms with Crippen LogP contribution in [0, 0.1) is 0 Å². The third-order valence-electron chi connectivity index (χ3n) is 2.08. The van der Waals surface area contributed by atoms with E-state index in [-0.39, 0.29) is 24.0 Å². The van der Waals surface area contributed by atoms with Crippen molar-refractivity contribution in [1.82, 2.24) is 0 Å². The summed E-state index contributed by atoms with van der Waals surface area (Å²) in [4.78, 5) is 0. The zero-order valence-electron chi connectivity index (χ0n) is 8.53. The maximum absolute atomic E-state index is 5.46. The Kier molecular flexibility index (Phi) is 5.83. The van der Waals surface area contributed by atoms with Crippen molar-refractivity contribution in [2.45, 2.75) is 6.04 Å². The maximum atomic E-state index is 5.46. The Labute approximate surface area is 97.9 Å². The molecule has 0 aromatic carbocycles. The summed E-state index contributed by atoms with van der Waals surface area (Å²) in [6, 6.07) is 0.468. The van der Waals surface area contributed by atoms with Gasteiger partial charge >= 0.3 is 0 Å². The van der Waals surface area contributed by atoms with Crippen molar-refractivity contribution in [3.63, 3.8) is 0 Å². The molecule has 0 radical (unpaired) electrons. The van der Waals surface area contributed by atoms with Gasteiger partial charge in [-0.3, -0.25) is 0 Å². The minimum absolute atomic E-state index is 0. The van der Waals surface area contributed by atoms with Crippen molar-refractivity contribution in [2.75, 3.05) is 34.4 Å². The molecule has 0 saturated carbocycles. The largest absolute Gasteiger partial charge is 1.00 e. The molecule has 0 bridgehead atoms. The lowest BCUT2D eigenvalue weighted by Crippen LogP contribution is -3.00. The smallest absolute Gasteiger partial charge is 0.131 e. The van der Waals surface area contributed by atoms with Gasteiger partial charge in [-0.05, 0) is 6.08 Å². The van der Waals surface area contributed by atoms with Crippen molar-refractivity contribution < 1.29 is 33.2 Å². The molecule has 0 saturated heterocycles. The zero-order chi connectivity index (χ0) is 9.03. The number of rotatable bonds is 1. The lowest BCUT2D eigenvalue weighted by atomic mass is 10.2. The van der Waals surface area contributed by atoms with E-state index in [1.807, 2.05) is 12.2 Å². The number of hydrogen-bond acceptors (Lipinski definition) is 1. The van der Waals surface area contributed by atoms with Crippen LogP contribution in [0.4, 0.5) is 0 Å². The first-order valence-corrected chi connectivity index (χ1v) is 4.33. The van der Waals surface area contributed by atoms with Gasteiger partial charge in [0.25, 0.3) is 0 Å². The Morgan fingerprint density at radius 1 is 1.23 bits per heavy atom. The molecule has 1 atom stereocenters. The van der Waals surface area contributed by atoms with Crippen molar-refractivity contribution >= 4 is 0 Å². The second-order valence-corrected chi connectivity index (χ2v) is 4.03. The second-order valence-electron chi connectivity index (χ2n) is 4.03. The minimum atomic E-state index is 0. The van der Waals surface area contributed by atoms with Crippen molar-refractivity contribution in [3.05, 3.63) is 24.3 Å². The van der Waals surface area contributed by atoms with Crippen LogP contribution in [0.5, 0.6) is 0 Å². The van der Waals surface area contributed by atoms with E-state index in [1.165, 1.54) is 0 Å². The van der Waals surface area contributed by atoms with Gasteiger partial charge in [-0.2, -0.15) is 0 Å². The molecule has 1 rings (SSSR count). The Morgan fingerprint density at radius 3 is 2.54 bits per heavy atom. The van der Waals surface area contributed by atoms with E-state index in [1.54, 1.807) is 0 Å². The molecular weight excluding hydrogens is 277 g/mol. The third kappa shape index (κ3) is 4.78. The molecule has 0 spiro atoms. The van der Waals surface area contributed by atoms with Crippen LogP contribution in [0.1, 0.15) is 0 Å². The van der Waals surface area contributed by atoms with Crippen LogP contribution < -0.4 is 24.0 Å². The van der Waals surface area contributed by atoms with Crippen LogP contribution in [-0.4, -0.2) is 44.9 Å². The zero-order valence-corrected chi connectivity index (χ0v) is 10.7. The molecule has 1 heterocycles. The average Bonchev–Trinajstić information content (AvgIpc) is 1.81. The summed E-state index contributed by atoms with van der Waals surface area (Å²) in [6.45, 7) is 1.55. The standard InChI is InChI=1S/C10H18NO.HI/c1-11(2,3)10-7-5-4-6-8-12-9-10;/h4-7,10H,8-9H2,1-3H3;1H/q+1;/p-1/b6-4-,7-5-;. The summed E-state index contributed by atoms with van der Waals surface area (Å²) in [5, 5.41) is 0. The molecule has 0 amide bonds. The maximum Gasteiger partial charge on any atom is 0.131 e. The van der Waals surface area contributed by atoms with Gasteiger partial charge in [0.2, 0.25) is 0 Å². The van der Waals surface area contributed by atoms with Crippen LogP contribution in [0.15, 0.2) is 24.3 Å². The fraction of sp³-hybridized carbons (Fsp3) is 0.600. The molecule has 13 heavy (non-hydrogen) atoms. The summed E-state index contributed by atoms with van der Waals surface area (Å²) < 4.78 is 6.38. The first kappa shape index (κ1) is 13.1. The molecule has 1 unspecified atom stereocenters. The highest BCUT2D eigenvalue weighted by Gasteiger charge is 2.20. The normalized spacial score (nSPS) is 28.1. The van der Waals surface area contributed by atoms with Gasteiger partial charge in [0.05, 0.1) is 27.7 Å². The predicted octanol–water partition coefficient (Wildman–Crippen LogP) is -1.79. The highest BCUT2D eigenvalue weighted by Crippen LogP contribution is 2.07. The number of ether oxygens (including phenoxy) is 1. The second kappa shape index (κ2) is 5.78. The lowest BCUT2D eigenvalue weighted by Gasteiger charge is -2.32. The highest BCUT2D eigenvalue weighted by atomic mass is 127. The predicted molar refractivity (Wildman–Crippen MR) is 50.9 cm³/mol. The topological polar surface area (TPSA) is 9.23 Å². The molecule has 0 aliphatic carbocycles. The van der Waals surface area contributed by atoms with Gasteiger partial charge in [-0.1, -0.05) is 18.2 Å². The molecule has 0 fully saturated rings. The van der Waals surface area contributed by atoms with Crippen LogP contribution in [0.3, 0.4) is 0 Å². The van der Waals surface area contributed by atoms with Crippen LogP contribution >= 0.6 is 0 Å². The summed E-state index contributed by atoms with van der Waals surface area (Å²) >= 11 is 0. The van der Waals surface area contributed by atoms with Crippen molar-refractivity contribution in [2.24, 2.45) is 0 Å². The lowest BCUT2D eigenvalue weighted by molar-refractivity contribution is -0.889. The average molecular weight is 295 g/mol. The fourth-order valence-corrected chi connectivity index (χ4v) is 1.12. The molecule has 1 aliphatic rings. The van der Waals surface area contributed by atoms with E-state index in [0.717, 1.165) is 17.7 Å². The van der Waals surface area contributed by atoms with E-state index in [9.17, 15) is 0 Å². The molecular formula is C10H18INO. The number of likely N-dealkylation sites (N-methyl/N-ethyl adjacent to an activating group) is 1. The van der Waals surface area contributed by atoms with E-state index < -0.39 is 0 Å². The first-order valence-electron chi connectivity index (χ1n) is 4.33. The van der Waals surface area contributed by atoms with Gasteiger partial charge in [0, 0.05) is 0 Å². The molecule has 3 heteroatoms. The Bertz CT molecular complexity index is 194. The van der Waals surface area contributed by atoms with E-state index in [2.05, 4.69) is 33.3 Å². The molecule has 2 nitrogen and oxygen atoms in total. The summed E-state index contributed by atoms with van der Waals surface area (Å²) in [6.07, 6.45) is 8.39. The molecule has 76 valence electrons. The molecule has 1 aliphatic heterocycles. The first-order chi connectivity index (χ1) is 5.61. The number of nitrogens with zero attached hydrogens (tertiary/aromatic N) is 1. The number of hydrogen-bond donors (Lipinski definition) is 0. The van der Waals surface area contributed by atoms with E-state index in [4.69, 9.17) is 4.74 Å². The fourth-order valence-electron chi connectivity index (χ4n) is 1.12. The summed E-state index contributed by atoms with van der Waals surface area (Å²) in [7, 11) is 6.55. The Morgan fingerprint density at radius 2 is 1.92 bits per heavy atom. The van der Waals surface area contributed by atoms with Crippen LogP contribution in [0.25, 0.3) is 0 Å². The Balaban J connectivity index is 0.00000144. The van der Waals surface area contributed by atoms with Gasteiger partial charge in [0.15, 0.2) is 0 Å². The minimum Gasteiger partial charge on any atom is -1.00 e. The molecule has 0 aromatic rings. The molecule has 0 N–H and O–H groups in total. The van der Waals surface area contributed by atoms with Gasteiger partial charge in [0.1, 0.15) is 12.6 Å². The SMILES string of the molecule is C[N+](C)(C)C1/C=C\C=C/COC1.[I-]. The summed E-state index contributed by atoms with van der Waals surface area (Å²) in [5.74, 6) is 0. The Hall–Kier alpha value is 0.130. The third-order valence-corrected chi connectivity index (χ3v) is 2.08. The number of quaternary nitrogens is 1. The highest BCUT2D eigenvalue weighted by molar-refractivity contribution is 5.06. The van der Waals surface area contributed by atoms with Crippen LogP contribution in [-0.2, 0) is 4.74 Å². The van der Waals surface area contributed by atoms with E-state index >= 15 is 0 Å². The van der Waals surface area contributed by atoms with E-state index in [0.29, 0.717) is 6.04 Å². The van der Waals surface area contributed by atoms with Crippen molar-refractivity contribution in [3.8, 4) is 0 Å². The van der Waals surface area contributed by atoms with Gasteiger partial charge < -0.3 is 33.2 Å². The van der Waals surface area contributed by atoms with Crippen molar-refractivity contribution in [1.29, 1.82) is 0 Å². The van der Waals surface area contributed by atoms with Crippen LogP contribution in [0.2, 0.25) is 0 Å². The molecule has 0 aromatic heterocycles. The monoisotopic (exact) mass is 295 g/mol. The number of halogens is 1. The van der Waals surface area contributed by atoms with Gasteiger partial charge in [-0.15, -0.1) is 0 Å². The van der Waals surface area contributed by atoms with Gasteiger partial charge in [-0.25, -0.2) is 0 Å². The summed E-state index contributed by atoms with van der Waals surface area (Å²) in [5.41, 5.74) is 0. The number of allylic oxidation sites excluding steroid dienone is 2.